The molecule has 1 fully saturated rings. The Labute approximate surface area is 175 Å². The Morgan fingerprint density at radius 1 is 0.800 bits per heavy atom. The number of carbonyl (C=O) groups excluding carboxylic acids is 2. The zero-order chi connectivity index (χ0) is 22.2. The first-order chi connectivity index (χ1) is 14.5. The molecule has 0 spiro atoms. The van der Waals surface area contributed by atoms with Crippen molar-refractivity contribution < 1.29 is 19.8 Å². The standard InChI is InChI=1S/C20H26N6O4/c21-15-17(19(29)23-5-13-27)3-1-7-25-9-11-26(12-10-25)8-2-4-18(16-22)20(30)24-6-14-28/h1-4,7-8,27-28H,5-6,9-14H2,(H,23,29)(H,24,30). The molecule has 160 valence electrons. The Hall–Kier alpha value is -3.60. The molecule has 10 nitrogen and oxygen atoms in total. The molecule has 1 saturated heterocycles. The topological polar surface area (TPSA) is 153 Å². The van der Waals surface area contributed by atoms with E-state index in [1.807, 2.05) is 21.9 Å². The molecule has 1 aliphatic heterocycles. The molecule has 2 amide bonds. The fourth-order valence-corrected chi connectivity index (χ4v) is 2.41. The predicted molar refractivity (Wildman–Crippen MR) is 109 cm³/mol. The van der Waals surface area contributed by atoms with Crippen LogP contribution in [-0.4, -0.2) is 84.3 Å². The number of hydrogen-bond acceptors (Lipinski definition) is 8. The molecular formula is C20H26N6O4. The molecule has 0 bridgehead atoms. The SMILES string of the molecule is N#CC(=CC=CN1CCN(C=CC=C(C#N)C(=O)NCCO)CC1)C(=O)NCCO. The number of hydrogen-bond donors (Lipinski definition) is 4. The second kappa shape index (κ2) is 14.4. The highest BCUT2D eigenvalue weighted by molar-refractivity contribution is 5.97. The van der Waals surface area contributed by atoms with Gasteiger partial charge in [0.25, 0.3) is 11.8 Å². The monoisotopic (exact) mass is 414 g/mol. The maximum Gasteiger partial charge on any atom is 0.262 e. The van der Waals surface area contributed by atoms with Crippen molar-refractivity contribution in [3.8, 4) is 12.1 Å². The van der Waals surface area contributed by atoms with Crippen LogP contribution < -0.4 is 10.6 Å². The Kier molecular flexibility index (Phi) is 11.7. The van der Waals surface area contributed by atoms with E-state index in [-0.39, 0.29) is 37.4 Å². The largest absolute Gasteiger partial charge is 0.395 e. The molecule has 0 aliphatic carbocycles. The number of carbonyl (C=O) groups is 2. The van der Waals surface area contributed by atoms with Gasteiger partial charge in [0.05, 0.1) is 13.2 Å². The highest BCUT2D eigenvalue weighted by Crippen LogP contribution is 2.04. The average molecular weight is 414 g/mol. The van der Waals surface area contributed by atoms with Gasteiger partial charge in [0.1, 0.15) is 23.3 Å². The summed E-state index contributed by atoms with van der Waals surface area (Å²) in [5, 5.41) is 40.3. The number of amides is 2. The number of aliphatic hydroxyl groups is 2. The minimum atomic E-state index is -0.527. The summed E-state index contributed by atoms with van der Waals surface area (Å²) in [6.45, 7) is 2.69. The second-order valence-electron chi connectivity index (χ2n) is 6.10. The number of nitriles is 2. The molecule has 0 unspecified atom stereocenters. The first-order valence-electron chi connectivity index (χ1n) is 9.39. The molecule has 1 heterocycles. The van der Waals surface area contributed by atoms with Crippen molar-refractivity contribution in [1.29, 1.82) is 10.5 Å². The van der Waals surface area contributed by atoms with E-state index in [2.05, 4.69) is 10.6 Å². The fraction of sp³-hybridized carbons (Fsp3) is 0.400. The third-order valence-corrected chi connectivity index (χ3v) is 3.99. The molecular weight excluding hydrogens is 388 g/mol. The zero-order valence-corrected chi connectivity index (χ0v) is 16.6. The van der Waals surface area contributed by atoms with Crippen molar-refractivity contribution in [3.05, 3.63) is 47.9 Å². The molecule has 1 rings (SSSR count). The summed E-state index contributed by atoms with van der Waals surface area (Å²) in [6.07, 6.45) is 9.73. The highest BCUT2D eigenvalue weighted by atomic mass is 16.3. The van der Waals surface area contributed by atoms with Gasteiger partial charge in [0.2, 0.25) is 0 Å². The van der Waals surface area contributed by atoms with Gasteiger partial charge >= 0.3 is 0 Å². The van der Waals surface area contributed by atoms with E-state index < -0.39 is 11.8 Å². The summed E-state index contributed by atoms with van der Waals surface area (Å²) >= 11 is 0. The summed E-state index contributed by atoms with van der Waals surface area (Å²) in [5.41, 5.74) is -0.0752. The van der Waals surface area contributed by atoms with Gasteiger partial charge in [-0.1, -0.05) is 0 Å². The van der Waals surface area contributed by atoms with Crippen molar-refractivity contribution in [2.45, 2.75) is 0 Å². The Balaban J connectivity index is 2.51. The minimum absolute atomic E-state index is 0.0376. The van der Waals surface area contributed by atoms with Gasteiger partial charge in [0.15, 0.2) is 0 Å². The van der Waals surface area contributed by atoms with Crippen LogP contribution in [0.4, 0.5) is 0 Å². The van der Waals surface area contributed by atoms with Gasteiger partial charge in [-0.05, 0) is 36.7 Å². The summed E-state index contributed by atoms with van der Waals surface area (Å²) in [4.78, 5) is 27.5. The summed E-state index contributed by atoms with van der Waals surface area (Å²) in [5.74, 6) is -1.05. The summed E-state index contributed by atoms with van der Waals surface area (Å²) in [7, 11) is 0. The highest BCUT2D eigenvalue weighted by Gasteiger charge is 2.11. The Morgan fingerprint density at radius 3 is 1.47 bits per heavy atom. The number of nitrogens with zero attached hydrogens (tertiary/aromatic N) is 4. The van der Waals surface area contributed by atoms with Gasteiger partial charge in [-0.2, -0.15) is 10.5 Å². The normalized spacial score (nSPS) is 15.2. The molecule has 10 heteroatoms. The van der Waals surface area contributed by atoms with E-state index in [0.717, 1.165) is 26.2 Å². The lowest BCUT2D eigenvalue weighted by Crippen LogP contribution is -2.41. The third kappa shape index (κ3) is 9.06. The van der Waals surface area contributed by atoms with E-state index in [0.29, 0.717) is 0 Å². The maximum atomic E-state index is 11.7. The van der Waals surface area contributed by atoms with Crippen LogP contribution in [0.5, 0.6) is 0 Å². The number of piperazine rings is 1. The maximum absolute atomic E-state index is 11.7. The van der Waals surface area contributed by atoms with Gasteiger partial charge in [-0.3, -0.25) is 9.59 Å². The predicted octanol–water partition coefficient (Wildman–Crippen LogP) is -1.25. The van der Waals surface area contributed by atoms with Gasteiger partial charge < -0.3 is 30.6 Å². The number of allylic oxidation sites excluding steroid dienone is 4. The van der Waals surface area contributed by atoms with Gasteiger partial charge in [-0.15, -0.1) is 0 Å². The zero-order valence-electron chi connectivity index (χ0n) is 16.6. The molecule has 4 N–H and O–H groups in total. The van der Waals surface area contributed by atoms with Crippen LogP contribution in [0.25, 0.3) is 0 Å². The number of rotatable bonds is 10. The van der Waals surface area contributed by atoms with Crippen molar-refractivity contribution in [2.24, 2.45) is 0 Å². The average Bonchev–Trinajstić information content (AvgIpc) is 2.77. The van der Waals surface area contributed by atoms with E-state index in [1.54, 1.807) is 24.6 Å². The van der Waals surface area contributed by atoms with Gasteiger partial charge in [0, 0.05) is 39.3 Å². The molecule has 0 saturated carbocycles. The Morgan fingerprint density at radius 2 is 1.17 bits per heavy atom. The summed E-state index contributed by atoms with van der Waals surface area (Å²) in [6, 6.07) is 3.65. The van der Waals surface area contributed by atoms with Crippen molar-refractivity contribution in [3.63, 3.8) is 0 Å². The third-order valence-electron chi connectivity index (χ3n) is 3.99. The van der Waals surface area contributed by atoms with Crippen LogP contribution in [-0.2, 0) is 9.59 Å². The fourth-order valence-electron chi connectivity index (χ4n) is 2.41. The first kappa shape index (κ1) is 24.4. The lowest BCUT2D eigenvalue weighted by molar-refractivity contribution is -0.118. The van der Waals surface area contributed by atoms with Crippen molar-refractivity contribution in [2.75, 3.05) is 52.5 Å². The van der Waals surface area contributed by atoms with Crippen molar-refractivity contribution in [1.82, 2.24) is 20.4 Å². The number of nitrogens with one attached hydrogen (secondary N) is 2. The number of aliphatic hydroxyl groups excluding tert-OH is 2. The quantitative estimate of drug-likeness (QED) is 0.196. The van der Waals surface area contributed by atoms with Gasteiger partial charge in [-0.25, -0.2) is 0 Å². The molecule has 30 heavy (non-hydrogen) atoms. The Bertz CT molecular complexity index is 714. The minimum Gasteiger partial charge on any atom is -0.395 e. The molecule has 0 aromatic heterocycles. The van der Waals surface area contributed by atoms with E-state index >= 15 is 0 Å². The van der Waals surface area contributed by atoms with Crippen LogP contribution >= 0.6 is 0 Å². The second-order valence-corrected chi connectivity index (χ2v) is 6.10. The smallest absolute Gasteiger partial charge is 0.262 e. The molecule has 0 atom stereocenters. The van der Waals surface area contributed by atoms with Crippen LogP contribution in [0.1, 0.15) is 0 Å². The molecule has 0 aromatic rings. The van der Waals surface area contributed by atoms with Crippen LogP contribution in [0.15, 0.2) is 47.9 Å². The molecule has 1 aliphatic rings. The van der Waals surface area contributed by atoms with E-state index in [4.69, 9.17) is 20.7 Å². The van der Waals surface area contributed by atoms with Crippen LogP contribution in [0, 0.1) is 22.7 Å². The van der Waals surface area contributed by atoms with Crippen LogP contribution in [0.2, 0.25) is 0 Å². The molecule has 0 radical (unpaired) electrons. The van der Waals surface area contributed by atoms with Crippen molar-refractivity contribution >= 4 is 11.8 Å². The summed E-state index contributed by atoms with van der Waals surface area (Å²) < 4.78 is 0. The lowest BCUT2D eigenvalue weighted by atomic mass is 10.2. The lowest BCUT2D eigenvalue weighted by Gasteiger charge is -2.33. The van der Waals surface area contributed by atoms with E-state index in [1.165, 1.54) is 12.2 Å². The molecule has 0 aromatic carbocycles. The van der Waals surface area contributed by atoms with E-state index in [9.17, 15) is 9.59 Å². The first-order valence-corrected chi connectivity index (χ1v) is 9.39. The van der Waals surface area contributed by atoms with Crippen LogP contribution in [0.3, 0.4) is 0 Å².